The number of aromatic nitrogens is 3. The summed E-state index contributed by atoms with van der Waals surface area (Å²) in [6.07, 6.45) is 1.75. The summed E-state index contributed by atoms with van der Waals surface area (Å²) in [5.74, 6) is 0.606. The van der Waals surface area contributed by atoms with E-state index >= 15 is 0 Å². The van der Waals surface area contributed by atoms with Gasteiger partial charge in [-0.05, 0) is 44.9 Å². The number of amides is 1. The molecular formula is C18H18N4O4. The number of nitrogens with zero attached hydrogens (tertiary/aromatic N) is 2. The molecule has 1 atom stereocenters. The van der Waals surface area contributed by atoms with Gasteiger partial charge < -0.3 is 19.4 Å². The van der Waals surface area contributed by atoms with Crippen LogP contribution in [0.2, 0.25) is 0 Å². The van der Waals surface area contributed by atoms with Gasteiger partial charge in [0, 0.05) is 17.7 Å². The van der Waals surface area contributed by atoms with Crippen molar-refractivity contribution >= 4 is 16.9 Å². The maximum Gasteiger partial charge on any atom is 0.314 e. The van der Waals surface area contributed by atoms with E-state index in [1.165, 1.54) is 0 Å². The zero-order valence-corrected chi connectivity index (χ0v) is 14.5. The van der Waals surface area contributed by atoms with E-state index in [0.717, 1.165) is 29.9 Å². The van der Waals surface area contributed by atoms with Crippen molar-refractivity contribution in [3.8, 4) is 0 Å². The molecule has 3 heterocycles. The molecule has 0 aliphatic carbocycles. The summed E-state index contributed by atoms with van der Waals surface area (Å²) in [5.41, 5.74) is 1.68. The summed E-state index contributed by atoms with van der Waals surface area (Å²) in [6, 6.07) is 4.80. The van der Waals surface area contributed by atoms with Gasteiger partial charge in [-0.1, -0.05) is 5.16 Å². The van der Waals surface area contributed by atoms with E-state index in [1.807, 2.05) is 18.7 Å². The van der Waals surface area contributed by atoms with Crippen LogP contribution in [0.4, 0.5) is 0 Å². The van der Waals surface area contributed by atoms with Gasteiger partial charge in [0.25, 0.3) is 5.91 Å². The molecule has 1 aliphatic rings. The molecule has 0 spiro atoms. The van der Waals surface area contributed by atoms with Gasteiger partial charge in [-0.3, -0.25) is 14.4 Å². The first-order valence-corrected chi connectivity index (χ1v) is 8.46. The number of benzene rings is 1. The van der Waals surface area contributed by atoms with Gasteiger partial charge in [0.1, 0.15) is 5.76 Å². The molecule has 0 unspecified atom stereocenters. The van der Waals surface area contributed by atoms with Crippen LogP contribution in [0.25, 0.3) is 11.0 Å². The van der Waals surface area contributed by atoms with Crippen LogP contribution in [-0.2, 0) is 0 Å². The van der Waals surface area contributed by atoms with Crippen LogP contribution in [0, 0.1) is 13.8 Å². The molecule has 0 radical (unpaired) electrons. The first kappa shape index (κ1) is 16.3. The third-order valence-electron chi connectivity index (χ3n) is 4.90. The van der Waals surface area contributed by atoms with Crippen molar-refractivity contribution in [2.45, 2.75) is 32.7 Å². The number of rotatable bonds is 2. The van der Waals surface area contributed by atoms with Crippen LogP contribution in [0.5, 0.6) is 0 Å². The Labute approximate surface area is 147 Å². The number of aryl methyl sites for hydroxylation is 2. The van der Waals surface area contributed by atoms with Crippen LogP contribution in [0.15, 0.2) is 32.3 Å². The lowest BCUT2D eigenvalue weighted by molar-refractivity contribution is 0.0735. The third-order valence-corrected chi connectivity index (χ3v) is 4.90. The van der Waals surface area contributed by atoms with Gasteiger partial charge in [0.05, 0.1) is 22.8 Å². The first-order valence-electron chi connectivity index (χ1n) is 8.46. The second-order valence-electron chi connectivity index (χ2n) is 6.56. The predicted molar refractivity (Wildman–Crippen MR) is 94.2 cm³/mol. The molecule has 26 heavy (non-hydrogen) atoms. The second-order valence-corrected chi connectivity index (χ2v) is 6.56. The van der Waals surface area contributed by atoms with Crippen LogP contribution in [0.3, 0.4) is 0 Å². The van der Waals surface area contributed by atoms with Gasteiger partial charge in [-0.15, -0.1) is 0 Å². The molecule has 1 fully saturated rings. The van der Waals surface area contributed by atoms with Crippen LogP contribution in [0.1, 0.15) is 46.3 Å². The molecule has 1 amide bonds. The van der Waals surface area contributed by atoms with Gasteiger partial charge in [0.15, 0.2) is 0 Å². The molecule has 2 aromatic heterocycles. The van der Waals surface area contributed by atoms with E-state index in [2.05, 4.69) is 15.1 Å². The lowest BCUT2D eigenvalue weighted by Gasteiger charge is -2.25. The number of H-pyrrole nitrogens is 2. The molecule has 0 saturated carbocycles. The number of carbonyl (C=O) groups excluding carboxylic acids is 1. The normalized spacial score (nSPS) is 17.2. The first-order chi connectivity index (χ1) is 12.5. The van der Waals surface area contributed by atoms with E-state index < -0.39 is 11.1 Å². The van der Waals surface area contributed by atoms with E-state index in [9.17, 15) is 14.4 Å². The molecule has 8 heteroatoms. The summed E-state index contributed by atoms with van der Waals surface area (Å²) >= 11 is 0. The highest BCUT2D eigenvalue weighted by molar-refractivity contribution is 5.97. The minimum Gasteiger partial charge on any atom is -0.361 e. The van der Waals surface area contributed by atoms with Gasteiger partial charge >= 0.3 is 11.1 Å². The monoisotopic (exact) mass is 354 g/mol. The number of hydrogen-bond acceptors (Lipinski definition) is 5. The molecule has 1 saturated heterocycles. The highest BCUT2D eigenvalue weighted by Crippen LogP contribution is 2.36. The summed E-state index contributed by atoms with van der Waals surface area (Å²) < 4.78 is 5.26. The van der Waals surface area contributed by atoms with Crippen molar-refractivity contribution in [1.82, 2.24) is 20.0 Å². The van der Waals surface area contributed by atoms with Crippen LogP contribution >= 0.6 is 0 Å². The summed E-state index contributed by atoms with van der Waals surface area (Å²) in [5, 5.41) is 4.00. The van der Waals surface area contributed by atoms with E-state index in [1.54, 1.807) is 18.2 Å². The predicted octanol–water partition coefficient (Wildman–Crippen LogP) is 1.80. The Morgan fingerprint density at radius 2 is 1.92 bits per heavy atom. The number of nitrogens with one attached hydrogen (secondary N) is 2. The number of carbonyl (C=O) groups is 1. The second kappa shape index (κ2) is 5.98. The summed E-state index contributed by atoms with van der Waals surface area (Å²) in [7, 11) is 0. The fraction of sp³-hybridized carbons (Fsp3) is 0.333. The Balaban J connectivity index is 1.72. The minimum absolute atomic E-state index is 0.0703. The van der Waals surface area contributed by atoms with Gasteiger partial charge in [-0.2, -0.15) is 0 Å². The molecular weight excluding hydrogens is 336 g/mol. The molecule has 0 bridgehead atoms. The van der Waals surface area contributed by atoms with Crippen molar-refractivity contribution in [2.75, 3.05) is 6.54 Å². The standard InChI is InChI=1S/C18H18N4O4/c1-9-15(10(2)26-21-9)14-4-3-7-22(14)18(25)11-5-6-12-13(8-11)20-17(24)16(23)19-12/h5-6,8,14H,3-4,7H2,1-2H3,(H,19,23)(H,20,24)/t14-/m1/s1. The van der Waals surface area contributed by atoms with Gasteiger partial charge in [0.2, 0.25) is 0 Å². The smallest absolute Gasteiger partial charge is 0.314 e. The molecule has 134 valence electrons. The number of aromatic amines is 2. The third kappa shape index (κ3) is 2.54. The lowest BCUT2D eigenvalue weighted by atomic mass is 10.0. The van der Waals surface area contributed by atoms with E-state index in [-0.39, 0.29) is 11.9 Å². The molecule has 1 aliphatic heterocycles. The average molecular weight is 354 g/mol. The molecule has 8 nitrogen and oxygen atoms in total. The van der Waals surface area contributed by atoms with Crippen LogP contribution < -0.4 is 11.1 Å². The highest BCUT2D eigenvalue weighted by atomic mass is 16.5. The van der Waals surface area contributed by atoms with E-state index in [0.29, 0.717) is 23.1 Å². The number of fused-ring (bicyclic) bond motifs is 1. The Kier molecular flexibility index (Phi) is 3.75. The lowest BCUT2D eigenvalue weighted by Crippen LogP contribution is -2.31. The zero-order valence-electron chi connectivity index (χ0n) is 14.5. The van der Waals surface area contributed by atoms with Crippen molar-refractivity contribution < 1.29 is 9.32 Å². The van der Waals surface area contributed by atoms with Crippen molar-refractivity contribution in [1.29, 1.82) is 0 Å². The van der Waals surface area contributed by atoms with Gasteiger partial charge in [-0.25, -0.2) is 0 Å². The maximum atomic E-state index is 13.1. The number of hydrogen-bond donors (Lipinski definition) is 2. The quantitative estimate of drug-likeness (QED) is 0.682. The van der Waals surface area contributed by atoms with Crippen molar-refractivity contribution in [3.05, 3.63) is 61.5 Å². The maximum absolute atomic E-state index is 13.1. The van der Waals surface area contributed by atoms with Crippen molar-refractivity contribution in [3.63, 3.8) is 0 Å². The Morgan fingerprint density at radius 1 is 1.19 bits per heavy atom. The molecule has 1 aromatic carbocycles. The molecule has 2 N–H and O–H groups in total. The zero-order chi connectivity index (χ0) is 18.4. The molecule has 3 aromatic rings. The fourth-order valence-corrected chi connectivity index (χ4v) is 3.69. The minimum atomic E-state index is -0.739. The summed E-state index contributed by atoms with van der Waals surface area (Å²) in [4.78, 5) is 42.8. The average Bonchev–Trinajstić information content (AvgIpc) is 3.21. The largest absolute Gasteiger partial charge is 0.361 e. The Hall–Kier alpha value is -3.16. The SMILES string of the molecule is Cc1noc(C)c1[C@H]1CCCN1C(=O)c1ccc2[nH]c(=O)c(=O)[nH]c2c1. The highest BCUT2D eigenvalue weighted by Gasteiger charge is 2.34. The Morgan fingerprint density at radius 3 is 2.62 bits per heavy atom. The molecule has 4 rings (SSSR count). The fourth-order valence-electron chi connectivity index (χ4n) is 3.69. The summed E-state index contributed by atoms with van der Waals surface area (Å²) in [6.45, 7) is 4.38. The van der Waals surface area contributed by atoms with Crippen molar-refractivity contribution in [2.24, 2.45) is 0 Å². The topological polar surface area (TPSA) is 112 Å². The van der Waals surface area contributed by atoms with E-state index in [4.69, 9.17) is 4.52 Å². The Bertz CT molecular complexity index is 1100. The number of likely N-dealkylation sites (tertiary alicyclic amines) is 1. The van der Waals surface area contributed by atoms with Crippen LogP contribution in [-0.4, -0.2) is 32.5 Å².